The standard InChI is InChI=1S/C3H3BrF3I/c1-2(4,8)3(5,6)7/h1H3/t2-/m0/s1. The van der Waals surface area contributed by atoms with Gasteiger partial charge in [0.15, 0.2) is 2.33 Å². The zero-order valence-electron chi connectivity index (χ0n) is 3.89. The minimum Gasteiger partial charge on any atom is -0.169 e. The topological polar surface area (TPSA) is 0 Å². The van der Waals surface area contributed by atoms with Gasteiger partial charge < -0.3 is 0 Å². The summed E-state index contributed by atoms with van der Waals surface area (Å²) in [7, 11) is 0. The summed E-state index contributed by atoms with van der Waals surface area (Å²) in [4.78, 5) is 0. The molecule has 0 aromatic heterocycles. The average molecular weight is 303 g/mol. The highest BCUT2D eigenvalue weighted by molar-refractivity contribution is 14.1. The molecule has 8 heavy (non-hydrogen) atoms. The minimum atomic E-state index is -4.16. The molecule has 0 saturated heterocycles. The average Bonchev–Trinajstić information content (AvgIpc) is 1.25. The van der Waals surface area contributed by atoms with Crippen LogP contribution < -0.4 is 0 Å². The van der Waals surface area contributed by atoms with Crippen LogP contribution in [0, 0.1) is 0 Å². The monoisotopic (exact) mass is 302 g/mol. The smallest absolute Gasteiger partial charge is 0.169 e. The molecule has 0 aromatic rings. The van der Waals surface area contributed by atoms with Crippen molar-refractivity contribution in [2.45, 2.75) is 15.4 Å². The Labute approximate surface area is 67.1 Å². The summed E-state index contributed by atoms with van der Waals surface area (Å²) in [5.74, 6) is 0. The molecule has 0 fully saturated rings. The van der Waals surface area contributed by atoms with E-state index in [0.29, 0.717) is 0 Å². The second kappa shape index (κ2) is 2.32. The second-order valence-electron chi connectivity index (χ2n) is 1.39. The molecule has 0 aliphatic rings. The zero-order valence-corrected chi connectivity index (χ0v) is 7.63. The van der Waals surface area contributed by atoms with E-state index in [-0.39, 0.29) is 0 Å². The van der Waals surface area contributed by atoms with Gasteiger partial charge in [-0.25, -0.2) is 0 Å². The lowest BCUT2D eigenvalue weighted by Crippen LogP contribution is -2.28. The van der Waals surface area contributed by atoms with Crippen molar-refractivity contribution in [1.29, 1.82) is 0 Å². The van der Waals surface area contributed by atoms with Crippen molar-refractivity contribution in [2.24, 2.45) is 0 Å². The number of hydrogen-bond donors (Lipinski definition) is 0. The van der Waals surface area contributed by atoms with Gasteiger partial charge in [0.2, 0.25) is 0 Å². The van der Waals surface area contributed by atoms with Gasteiger partial charge in [-0.15, -0.1) is 0 Å². The maximum absolute atomic E-state index is 11.5. The minimum absolute atomic E-state index is 1.05. The van der Waals surface area contributed by atoms with Crippen LogP contribution in [0.4, 0.5) is 13.2 Å². The van der Waals surface area contributed by atoms with Crippen LogP contribution >= 0.6 is 38.5 Å². The molecule has 0 nitrogen and oxygen atoms in total. The van der Waals surface area contributed by atoms with E-state index in [0.717, 1.165) is 6.92 Å². The SMILES string of the molecule is C[C@](Br)(I)C(F)(F)F. The first kappa shape index (κ1) is 9.00. The van der Waals surface area contributed by atoms with Crippen LogP contribution in [0.25, 0.3) is 0 Å². The van der Waals surface area contributed by atoms with Crippen LogP contribution in [-0.4, -0.2) is 8.51 Å². The molecule has 0 saturated carbocycles. The Kier molecular flexibility index (Phi) is 2.61. The van der Waals surface area contributed by atoms with E-state index < -0.39 is 8.51 Å². The van der Waals surface area contributed by atoms with Crippen molar-refractivity contribution in [3.05, 3.63) is 0 Å². The molecule has 0 amide bonds. The molecular formula is C3H3BrF3I. The van der Waals surface area contributed by atoms with Crippen molar-refractivity contribution in [3.63, 3.8) is 0 Å². The van der Waals surface area contributed by atoms with Gasteiger partial charge in [-0.05, 0) is 6.92 Å². The van der Waals surface area contributed by atoms with Crippen LogP contribution in [0.5, 0.6) is 0 Å². The van der Waals surface area contributed by atoms with E-state index >= 15 is 0 Å². The Hall–Kier alpha value is 1.000. The fraction of sp³-hybridized carbons (Fsp3) is 1.00. The summed E-state index contributed by atoms with van der Waals surface area (Å²) < 4.78 is 32.7. The van der Waals surface area contributed by atoms with Gasteiger partial charge in [-0.1, -0.05) is 38.5 Å². The van der Waals surface area contributed by atoms with Crippen molar-refractivity contribution < 1.29 is 13.2 Å². The van der Waals surface area contributed by atoms with Gasteiger partial charge in [0, 0.05) is 0 Å². The van der Waals surface area contributed by atoms with Crippen molar-refractivity contribution in [2.75, 3.05) is 0 Å². The summed E-state index contributed by atoms with van der Waals surface area (Å²) in [6.45, 7) is 1.05. The van der Waals surface area contributed by atoms with Crippen molar-refractivity contribution >= 4 is 38.5 Å². The van der Waals surface area contributed by atoms with Gasteiger partial charge in [-0.2, -0.15) is 13.2 Å². The first-order chi connectivity index (χ1) is 3.25. The fourth-order valence-corrected chi connectivity index (χ4v) is 0. The predicted molar refractivity (Wildman–Crippen MR) is 37.4 cm³/mol. The third kappa shape index (κ3) is 2.52. The van der Waals surface area contributed by atoms with Crippen LogP contribution in [0.2, 0.25) is 0 Å². The highest BCUT2D eigenvalue weighted by Crippen LogP contribution is 2.42. The molecular weight excluding hydrogens is 300 g/mol. The van der Waals surface area contributed by atoms with Crippen molar-refractivity contribution in [3.8, 4) is 0 Å². The quantitative estimate of drug-likeness (QED) is 0.476. The summed E-state index contributed by atoms with van der Waals surface area (Å²) in [6, 6.07) is 0. The van der Waals surface area contributed by atoms with E-state index in [2.05, 4.69) is 15.9 Å². The molecule has 5 heteroatoms. The van der Waals surface area contributed by atoms with Crippen LogP contribution in [0.3, 0.4) is 0 Å². The van der Waals surface area contributed by atoms with Gasteiger partial charge in [0.25, 0.3) is 0 Å². The summed E-state index contributed by atoms with van der Waals surface area (Å²) in [5, 5.41) is 0. The largest absolute Gasteiger partial charge is 0.412 e. The van der Waals surface area contributed by atoms with Gasteiger partial charge in [-0.3, -0.25) is 0 Å². The summed E-state index contributed by atoms with van der Waals surface area (Å²) in [6.07, 6.45) is -4.16. The van der Waals surface area contributed by atoms with Crippen LogP contribution in [0.1, 0.15) is 6.92 Å². The first-order valence-corrected chi connectivity index (χ1v) is 3.57. The van der Waals surface area contributed by atoms with E-state index in [1.54, 1.807) is 0 Å². The fourth-order valence-electron chi connectivity index (χ4n) is 0. The predicted octanol–water partition coefficient (Wildman–Crippen LogP) is 3.09. The number of alkyl halides is 5. The molecule has 0 aliphatic carbocycles. The normalized spacial score (nSPS) is 20.2. The highest BCUT2D eigenvalue weighted by Gasteiger charge is 2.47. The molecule has 1 atom stereocenters. The van der Waals surface area contributed by atoms with Gasteiger partial charge in [0.05, 0.1) is 0 Å². The van der Waals surface area contributed by atoms with Gasteiger partial charge in [0.1, 0.15) is 0 Å². The lowest BCUT2D eigenvalue weighted by Gasteiger charge is -2.17. The number of rotatable bonds is 0. The molecule has 0 aromatic carbocycles. The first-order valence-electron chi connectivity index (χ1n) is 1.69. The van der Waals surface area contributed by atoms with Crippen molar-refractivity contribution in [1.82, 2.24) is 0 Å². The Bertz CT molecular complexity index is 69.5. The maximum atomic E-state index is 11.5. The second-order valence-corrected chi connectivity index (χ2v) is 6.61. The van der Waals surface area contributed by atoms with E-state index in [4.69, 9.17) is 0 Å². The van der Waals surface area contributed by atoms with E-state index in [1.165, 1.54) is 22.6 Å². The molecule has 0 bridgehead atoms. The third-order valence-corrected chi connectivity index (χ3v) is 1.56. The molecule has 0 unspecified atom stereocenters. The molecule has 50 valence electrons. The summed E-state index contributed by atoms with van der Waals surface area (Å²) >= 11 is 3.74. The number of halogens is 5. The summed E-state index contributed by atoms with van der Waals surface area (Å²) in [5.41, 5.74) is 0. The number of hydrogen-bond acceptors (Lipinski definition) is 0. The lowest BCUT2D eigenvalue weighted by atomic mass is 10.5. The Morgan fingerprint density at radius 2 is 1.50 bits per heavy atom. The molecule has 0 N–H and O–H groups in total. The lowest BCUT2D eigenvalue weighted by molar-refractivity contribution is -0.127. The van der Waals surface area contributed by atoms with Crippen LogP contribution in [0.15, 0.2) is 0 Å². The molecule has 0 spiro atoms. The molecule has 0 heterocycles. The highest BCUT2D eigenvalue weighted by atomic mass is 127. The molecule has 0 radical (unpaired) electrons. The Balaban J connectivity index is 4.02. The zero-order chi connectivity index (χ0) is 7.00. The van der Waals surface area contributed by atoms with E-state index in [1.807, 2.05) is 0 Å². The third-order valence-electron chi connectivity index (χ3n) is 0.498. The van der Waals surface area contributed by atoms with Crippen LogP contribution in [-0.2, 0) is 0 Å². The van der Waals surface area contributed by atoms with E-state index in [9.17, 15) is 13.2 Å². The van der Waals surface area contributed by atoms with Gasteiger partial charge >= 0.3 is 6.18 Å². The Morgan fingerprint density at radius 3 is 1.50 bits per heavy atom. The maximum Gasteiger partial charge on any atom is 0.412 e. The Morgan fingerprint density at radius 1 is 1.38 bits per heavy atom. The molecule has 0 rings (SSSR count). The molecule has 0 aliphatic heterocycles.